The highest BCUT2D eigenvalue weighted by Crippen LogP contribution is 2.28. The Morgan fingerprint density at radius 3 is 2.44 bits per heavy atom. The van der Waals surface area contributed by atoms with Crippen LogP contribution in [0.15, 0.2) is 53.0 Å². The molecule has 0 saturated carbocycles. The summed E-state index contributed by atoms with van der Waals surface area (Å²) in [5.74, 6) is 0.678. The highest BCUT2D eigenvalue weighted by atomic mass is 79.9. The molecule has 134 valence electrons. The third kappa shape index (κ3) is 5.60. The molecule has 0 bridgehead atoms. The van der Waals surface area contributed by atoms with Gasteiger partial charge in [0.1, 0.15) is 18.5 Å². The van der Waals surface area contributed by atoms with Crippen LogP contribution in [0.3, 0.4) is 0 Å². The maximum atomic E-state index is 12.5. The van der Waals surface area contributed by atoms with Gasteiger partial charge in [-0.2, -0.15) is 0 Å². The minimum atomic E-state index is -0.302. The smallest absolute Gasteiger partial charge is 0.338 e. The summed E-state index contributed by atoms with van der Waals surface area (Å²) in [6.07, 6.45) is 1.74. The van der Waals surface area contributed by atoms with Gasteiger partial charge in [0.25, 0.3) is 0 Å². The third-order valence-corrected chi connectivity index (χ3v) is 5.00. The Morgan fingerprint density at radius 2 is 1.80 bits per heavy atom. The summed E-state index contributed by atoms with van der Waals surface area (Å²) in [5, 5.41) is 0. The molecule has 4 heteroatoms. The van der Waals surface area contributed by atoms with Gasteiger partial charge in [-0.05, 0) is 52.0 Å². The Morgan fingerprint density at radius 1 is 1.08 bits per heavy atom. The Kier molecular flexibility index (Phi) is 7.51. The molecule has 25 heavy (non-hydrogen) atoms. The fourth-order valence-electron chi connectivity index (χ4n) is 2.55. The maximum absolute atomic E-state index is 12.5. The lowest BCUT2D eigenvalue weighted by Gasteiger charge is -2.22. The molecule has 0 N–H and O–H groups in total. The van der Waals surface area contributed by atoms with Crippen LogP contribution in [0.25, 0.3) is 0 Å². The first-order valence-corrected chi connectivity index (χ1v) is 9.51. The van der Waals surface area contributed by atoms with Crippen molar-refractivity contribution in [1.29, 1.82) is 0 Å². The Labute approximate surface area is 158 Å². The molecule has 2 rings (SSSR count). The van der Waals surface area contributed by atoms with Gasteiger partial charge in [-0.1, -0.05) is 57.5 Å². The number of ether oxygens (including phenoxy) is 2. The van der Waals surface area contributed by atoms with Crippen LogP contribution in [0.5, 0.6) is 5.75 Å². The van der Waals surface area contributed by atoms with Crippen LogP contribution in [-0.2, 0) is 11.3 Å². The Bertz CT molecular complexity index is 685. The zero-order valence-corrected chi connectivity index (χ0v) is 16.6. The van der Waals surface area contributed by atoms with Crippen LogP contribution in [0, 0.1) is 5.92 Å². The standard InChI is InChI=1S/C21H25BrO3/c1-4-15(3)19(5-2)25-21(23)17-11-12-18(22)20(13-17)24-14-16-9-7-6-8-10-16/h6-13,15,19H,4-5,14H2,1-3H3. The van der Waals surface area contributed by atoms with Crippen molar-refractivity contribution in [1.82, 2.24) is 0 Å². The van der Waals surface area contributed by atoms with E-state index in [1.807, 2.05) is 43.3 Å². The molecule has 3 nitrogen and oxygen atoms in total. The number of esters is 1. The molecule has 0 fully saturated rings. The van der Waals surface area contributed by atoms with Gasteiger partial charge in [-0.3, -0.25) is 0 Å². The van der Waals surface area contributed by atoms with Crippen LogP contribution >= 0.6 is 15.9 Å². The Hall–Kier alpha value is -1.81. The molecular formula is C21H25BrO3. The van der Waals surface area contributed by atoms with E-state index in [-0.39, 0.29) is 12.1 Å². The predicted octanol–water partition coefficient (Wildman–Crippen LogP) is 6.01. The second kappa shape index (κ2) is 9.62. The first kappa shape index (κ1) is 19.5. The highest BCUT2D eigenvalue weighted by molar-refractivity contribution is 9.10. The quantitative estimate of drug-likeness (QED) is 0.505. The van der Waals surface area contributed by atoms with Crippen molar-refractivity contribution in [3.8, 4) is 5.75 Å². The van der Waals surface area contributed by atoms with Crippen LogP contribution in [0.2, 0.25) is 0 Å². The van der Waals surface area contributed by atoms with Gasteiger partial charge in [0.2, 0.25) is 0 Å². The van der Waals surface area contributed by atoms with E-state index in [9.17, 15) is 4.79 Å². The molecule has 0 heterocycles. The van der Waals surface area contributed by atoms with Crippen LogP contribution in [0.1, 0.15) is 49.5 Å². The topological polar surface area (TPSA) is 35.5 Å². The van der Waals surface area contributed by atoms with Crippen LogP contribution < -0.4 is 4.74 Å². The molecule has 2 aromatic carbocycles. The monoisotopic (exact) mass is 404 g/mol. The van der Waals surface area contributed by atoms with Gasteiger partial charge < -0.3 is 9.47 Å². The SMILES string of the molecule is CCC(C)C(CC)OC(=O)c1ccc(Br)c(OCc2ccccc2)c1. The zero-order chi connectivity index (χ0) is 18.2. The summed E-state index contributed by atoms with van der Waals surface area (Å²) in [5.41, 5.74) is 1.58. The molecule has 0 saturated heterocycles. The average Bonchev–Trinajstić information content (AvgIpc) is 2.65. The second-order valence-corrected chi connectivity index (χ2v) is 7.01. The van der Waals surface area contributed by atoms with Crippen molar-refractivity contribution >= 4 is 21.9 Å². The molecule has 0 aliphatic rings. The number of benzene rings is 2. The summed E-state index contributed by atoms with van der Waals surface area (Å²) in [6.45, 7) is 6.70. The fraction of sp³-hybridized carbons (Fsp3) is 0.381. The minimum Gasteiger partial charge on any atom is -0.488 e. The largest absolute Gasteiger partial charge is 0.488 e. The first-order chi connectivity index (χ1) is 12.0. The van der Waals surface area contributed by atoms with Gasteiger partial charge in [0, 0.05) is 0 Å². The molecule has 0 aliphatic carbocycles. The number of carbonyl (C=O) groups is 1. The summed E-state index contributed by atoms with van der Waals surface area (Å²) in [6, 6.07) is 15.2. The number of halogens is 1. The molecule has 0 aliphatic heterocycles. The van der Waals surface area contributed by atoms with Gasteiger partial charge in [0.05, 0.1) is 10.0 Å². The van der Waals surface area contributed by atoms with Gasteiger partial charge in [-0.25, -0.2) is 4.79 Å². The lowest BCUT2D eigenvalue weighted by atomic mass is 10.00. The van der Waals surface area contributed by atoms with Crippen molar-refractivity contribution in [3.63, 3.8) is 0 Å². The van der Waals surface area contributed by atoms with Crippen molar-refractivity contribution in [3.05, 3.63) is 64.1 Å². The van der Waals surface area contributed by atoms with E-state index in [1.165, 1.54) is 0 Å². The van der Waals surface area contributed by atoms with E-state index in [4.69, 9.17) is 9.47 Å². The highest BCUT2D eigenvalue weighted by Gasteiger charge is 2.20. The van der Waals surface area contributed by atoms with E-state index >= 15 is 0 Å². The number of hydrogen-bond acceptors (Lipinski definition) is 3. The summed E-state index contributed by atoms with van der Waals surface area (Å²) in [7, 11) is 0. The van der Waals surface area contributed by atoms with E-state index in [0.717, 1.165) is 22.9 Å². The van der Waals surface area contributed by atoms with Crippen molar-refractivity contribution in [2.45, 2.75) is 46.3 Å². The van der Waals surface area contributed by atoms with E-state index in [0.29, 0.717) is 23.8 Å². The van der Waals surface area contributed by atoms with E-state index < -0.39 is 0 Å². The normalized spacial score (nSPS) is 13.1. The molecule has 0 amide bonds. The van der Waals surface area contributed by atoms with Crippen molar-refractivity contribution in [2.24, 2.45) is 5.92 Å². The molecule has 2 unspecified atom stereocenters. The number of carbonyl (C=O) groups excluding carboxylic acids is 1. The second-order valence-electron chi connectivity index (χ2n) is 6.16. The molecule has 0 aromatic heterocycles. The van der Waals surface area contributed by atoms with Gasteiger partial charge >= 0.3 is 5.97 Å². The molecule has 2 atom stereocenters. The fourth-order valence-corrected chi connectivity index (χ4v) is 2.91. The van der Waals surface area contributed by atoms with Gasteiger partial charge in [0.15, 0.2) is 0 Å². The number of rotatable bonds is 8. The molecule has 2 aromatic rings. The van der Waals surface area contributed by atoms with Crippen LogP contribution in [0.4, 0.5) is 0 Å². The third-order valence-electron chi connectivity index (χ3n) is 4.34. The zero-order valence-electron chi connectivity index (χ0n) is 15.0. The number of hydrogen-bond donors (Lipinski definition) is 0. The molecule has 0 radical (unpaired) electrons. The predicted molar refractivity (Wildman–Crippen MR) is 104 cm³/mol. The molecule has 0 spiro atoms. The van der Waals surface area contributed by atoms with E-state index in [1.54, 1.807) is 12.1 Å². The summed E-state index contributed by atoms with van der Waals surface area (Å²) in [4.78, 5) is 12.5. The maximum Gasteiger partial charge on any atom is 0.338 e. The lowest BCUT2D eigenvalue weighted by molar-refractivity contribution is 0.0145. The summed E-state index contributed by atoms with van der Waals surface area (Å²) >= 11 is 3.47. The van der Waals surface area contributed by atoms with Crippen molar-refractivity contribution in [2.75, 3.05) is 0 Å². The Balaban J connectivity index is 2.08. The van der Waals surface area contributed by atoms with Crippen LogP contribution in [-0.4, -0.2) is 12.1 Å². The lowest BCUT2D eigenvalue weighted by Crippen LogP contribution is -2.24. The minimum absolute atomic E-state index is 0.0603. The van der Waals surface area contributed by atoms with E-state index in [2.05, 4.69) is 29.8 Å². The summed E-state index contributed by atoms with van der Waals surface area (Å²) < 4.78 is 12.4. The molecular weight excluding hydrogens is 380 g/mol. The van der Waals surface area contributed by atoms with Gasteiger partial charge in [-0.15, -0.1) is 0 Å². The average molecular weight is 405 g/mol. The van der Waals surface area contributed by atoms with Crippen molar-refractivity contribution < 1.29 is 14.3 Å². The first-order valence-electron chi connectivity index (χ1n) is 8.72.